The molecule has 0 aliphatic carbocycles. The van der Waals surface area contributed by atoms with Crippen molar-refractivity contribution >= 4 is 33.0 Å². The van der Waals surface area contributed by atoms with Gasteiger partial charge in [0.05, 0.1) is 10.9 Å². The molecule has 2 heterocycles. The highest BCUT2D eigenvalue weighted by Crippen LogP contribution is 2.30. The fourth-order valence-electron chi connectivity index (χ4n) is 3.14. The van der Waals surface area contributed by atoms with E-state index in [0.29, 0.717) is 18.5 Å². The van der Waals surface area contributed by atoms with Crippen LogP contribution in [0.15, 0.2) is 70.9 Å². The standard InChI is InChI=1S/C20H18N2O3S2/c23-19-11-8-15-13-16(9-10-17(15)21-19)27(24,25)22-20(18-7-4-12-26-18)14-5-2-1-3-6-14/h1-7,9-10,12-13,20,22H,8,11H2,(H,21,23)/t20-/m1/s1. The highest BCUT2D eigenvalue weighted by Gasteiger charge is 2.25. The van der Waals surface area contributed by atoms with Crippen LogP contribution in [0.2, 0.25) is 0 Å². The largest absolute Gasteiger partial charge is 0.326 e. The molecule has 0 saturated heterocycles. The Morgan fingerprint density at radius 2 is 1.81 bits per heavy atom. The van der Waals surface area contributed by atoms with Gasteiger partial charge in [-0.3, -0.25) is 4.79 Å². The Morgan fingerprint density at radius 3 is 2.56 bits per heavy atom. The molecule has 1 atom stereocenters. The van der Waals surface area contributed by atoms with Crippen molar-refractivity contribution in [1.82, 2.24) is 4.72 Å². The van der Waals surface area contributed by atoms with Crippen LogP contribution in [0.5, 0.6) is 0 Å². The van der Waals surface area contributed by atoms with Gasteiger partial charge >= 0.3 is 0 Å². The van der Waals surface area contributed by atoms with Crippen molar-refractivity contribution in [3.63, 3.8) is 0 Å². The summed E-state index contributed by atoms with van der Waals surface area (Å²) in [6.07, 6.45) is 0.906. The predicted octanol–water partition coefficient (Wildman–Crippen LogP) is 3.70. The number of carbonyl (C=O) groups excluding carboxylic acids is 1. The Bertz CT molecular complexity index is 1060. The van der Waals surface area contributed by atoms with E-state index >= 15 is 0 Å². The number of aryl methyl sites for hydroxylation is 1. The van der Waals surface area contributed by atoms with E-state index in [1.54, 1.807) is 12.1 Å². The highest BCUT2D eigenvalue weighted by molar-refractivity contribution is 7.89. The molecule has 1 aliphatic heterocycles. The topological polar surface area (TPSA) is 75.3 Å². The molecular weight excluding hydrogens is 380 g/mol. The number of sulfonamides is 1. The van der Waals surface area contributed by atoms with E-state index in [4.69, 9.17) is 0 Å². The van der Waals surface area contributed by atoms with Crippen LogP contribution in [-0.2, 0) is 21.2 Å². The van der Waals surface area contributed by atoms with Crippen LogP contribution in [0.1, 0.15) is 28.5 Å². The summed E-state index contributed by atoms with van der Waals surface area (Å²) < 4.78 is 29.0. The maximum atomic E-state index is 13.1. The first kappa shape index (κ1) is 17.9. The van der Waals surface area contributed by atoms with Gasteiger partial charge in [0.25, 0.3) is 0 Å². The van der Waals surface area contributed by atoms with E-state index < -0.39 is 16.1 Å². The molecule has 1 amide bonds. The lowest BCUT2D eigenvalue weighted by Gasteiger charge is -2.20. The fourth-order valence-corrected chi connectivity index (χ4v) is 5.27. The molecular formula is C20H18N2O3S2. The number of amides is 1. The van der Waals surface area contributed by atoms with Crippen molar-refractivity contribution in [2.24, 2.45) is 0 Å². The molecule has 3 aromatic rings. The van der Waals surface area contributed by atoms with E-state index in [-0.39, 0.29) is 10.8 Å². The van der Waals surface area contributed by atoms with Crippen molar-refractivity contribution < 1.29 is 13.2 Å². The number of nitrogens with one attached hydrogen (secondary N) is 2. The fraction of sp³-hybridized carbons (Fsp3) is 0.150. The molecule has 2 aromatic carbocycles. The molecule has 4 rings (SSSR count). The third-order valence-corrected chi connectivity index (χ3v) is 6.87. The zero-order valence-electron chi connectivity index (χ0n) is 14.4. The minimum Gasteiger partial charge on any atom is -0.326 e. The van der Waals surface area contributed by atoms with Gasteiger partial charge in [-0.1, -0.05) is 36.4 Å². The summed E-state index contributed by atoms with van der Waals surface area (Å²) in [5.74, 6) is -0.0435. The molecule has 0 fully saturated rings. The van der Waals surface area contributed by atoms with E-state index in [0.717, 1.165) is 16.0 Å². The average Bonchev–Trinajstić information content (AvgIpc) is 3.21. The lowest BCUT2D eigenvalue weighted by atomic mass is 10.0. The maximum absolute atomic E-state index is 13.1. The molecule has 2 N–H and O–H groups in total. The van der Waals surface area contributed by atoms with Gasteiger partial charge in [-0.15, -0.1) is 11.3 Å². The van der Waals surface area contributed by atoms with Crippen molar-refractivity contribution in [2.45, 2.75) is 23.8 Å². The van der Waals surface area contributed by atoms with Gasteiger partial charge in [0.1, 0.15) is 0 Å². The molecule has 0 radical (unpaired) electrons. The summed E-state index contributed by atoms with van der Waals surface area (Å²) in [5, 5.41) is 4.71. The summed E-state index contributed by atoms with van der Waals surface area (Å²) in [6.45, 7) is 0. The van der Waals surface area contributed by atoms with Crippen molar-refractivity contribution in [3.8, 4) is 0 Å². The van der Waals surface area contributed by atoms with Gasteiger partial charge < -0.3 is 5.32 Å². The first-order chi connectivity index (χ1) is 13.0. The summed E-state index contributed by atoms with van der Waals surface area (Å²) in [5.41, 5.74) is 2.40. The third-order valence-electron chi connectivity index (χ3n) is 4.52. The summed E-state index contributed by atoms with van der Waals surface area (Å²) in [4.78, 5) is 12.6. The minimum atomic E-state index is -3.74. The molecule has 0 spiro atoms. The number of fused-ring (bicyclic) bond motifs is 1. The number of hydrogen-bond acceptors (Lipinski definition) is 4. The lowest BCUT2D eigenvalue weighted by Crippen LogP contribution is -2.29. The predicted molar refractivity (Wildman–Crippen MR) is 106 cm³/mol. The second-order valence-electron chi connectivity index (χ2n) is 6.35. The third kappa shape index (κ3) is 3.80. The van der Waals surface area contributed by atoms with E-state index in [1.165, 1.54) is 17.4 Å². The molecule has 0 unspecified atom stereocenters. The number of hydrogen-bond donors (Lipinski definition) is 2. The van der Waals surface area contributed by atoms with Crippen LogP contribution in [0.25, 0.3) is 0 Å². The van der Waals surface area contributed by atoms with Crippen molar-refractivity contribution in [3.05, 3.63) is 82.0 Å². The highest BCUT2D eigenvalue weighted by atomic mass is 32.2. The van der Waals surface area contributed by atoms with Gasteiger partial charge in [0.15, 0.2) is 0 Å². The van der Waals surface area contributed by atoms with Crippen LogP contribution in [-0.4, -0.2) is 14.3 Å². The smallest absolute Gasteiger partial charge is 0.241 e. The van der Waals surface area contributed by atoms with Gasteiger partial charge in [0.2, 0.25) is 15.9 Å². The molecule has 0 bridgehead atoms. The van der Waals surface area contributed by atoms with Crippen molar-refractivity contribution in [1.29, 1.82) is 0 Å². The zero-order chi connectivity index (χ0) is 18.9. The molecule has 0 saturated carbocycles. The molecule has 27 heavy (non-hydrogen) atoms. The first-order valence-electron chi connectivity index (χ1n) is 8.56. The van der Waals surface area contributed by atoms with Gasteiger partial charge in [0, 0.05) is 17.0 Å². The summed E-state index contributed by atoms with van der Waals surface area (Å²) >= 11 is 1.51. The summed E-state index contributed by atoms with van der Waals surface area (Å²) in [6, 6.07) is 17.7. The van der Waals surface area contributed by atoms with Crippen LogP contribution < -0.4 is 10.0 Å². The van der Waals surface area contributed by atoms with E-state index in [1.807, 2.05) is 47.8 Å². The van der Waals surface area contributed by atoms with E-state index in [9.17, 15) is 13.2 Å². The van der Waals surface area contributed by atoms with Gasteiger partial charge in [-0.25, -0.2) is 8.42 Å². The van der Waals surface area contributed by atoms with Crippen LogP contribution in [0.4, 0.5) is 5.69 Å². The Hall–Kier alpha value is -2.48. The Kier molecular flexibility index (Phi) is 4.82. The average molecular weight is 399 g/mol. The first-order valence-corrected chi connectivity index (χ1v) is 10.9. The number of benzene rings is 2. The lowest BCUT2D eigenvalue weighted by molar-refractivity contribution is -0.116. The minimum absolute atomic E-state index is 0.0435. The normalized spacial score (nSPS) is 15.0. The van der Waals surface area contributed by atoms with E-state index in [2.05, 4.69) is 10.0 Å². The molecule has 138 valence electrons. The Morgan fingerprint density at radius 1 is 1.00 bits per heavy atom. The Labute approximate surface area is 162 Å². The number of rotatable bonds is 5. The molecule has 7 heteroatoms. The monoisotopic (exact) mass is 398 g/mol. The maximum Gasteiger partial charge on any atom is 0.241 e. The number of anilines is 1. The van der Waals surface area contributed by atoms with Gasteiger partial charge in [-0.05, 0) is 47.2 Å². The second kappa shape index (κ2) is 7.26. The molecule has 1 aromatic heterocycles. The van der Waals surface area contributed by atoms with Crippen LogP contribution in [0, 0.1) is 0 Å². The van der Waals surface area contributed by atoms with Gasteiger partial charge in [-0.2, -0.15) is 4.72 Å². The van der Waals surface area contributed by atoms with Crippen molar-refractivity contribution in [2.75, 3.05) is 5.32 Å². The summed E-state index contributed by atoms with van der Waals surface area (Å²) in [7, 11) is -3.74. The number of carbonyl (C=O) groups is 1. The quantitative estimate of drug-likeness (QED) is 0.688. The molecule has 5 nitrogen and oxygen atoms in total. The second-order valence-corrected chi connectivity index (χ2v) is 9.04. The molecule has 1 aliphatic rings. The van der Waals surface area contributed by atoms with Crippen LogP contribution >= 0.6 is 11.3 Å². The zero-order valence-corrected chi connectivity index (χ0v) is 16.0. The number of thiophene rings is 1. The Balaban J connectivity index is 1.68. The van der Waals surface area contributed by atoms with Crippen LogP contribution in [0.3, 0.4) is 0 Å². The SMILES string of the molecule is O=C1CCc2cc(S(=O)(=O)N[C@H](c3ccccc3)c3cccs3)ccc2N1.